The van der Waals surface area contributed by atoms with E-state index in [9.17, 15) is 4.39 Å². The van der Waals surface area contributed by atoms with Gasteiger partial charge in [-0.3, -0.25) is 0 Å². The molecular weight excluding hydrogens is 225 g/mol. The fraction of sp³-hybridized carbons (Fsp3) is 0.250. The van der Waals surface area contributed by atoms with E-state index in [4.69, 9.17) is 0 Å². The molecule has 0 aliphatic carbocycles. The van der Waals surface area contributed by atoms with Crippen molar-refractivity contribution in [3.8, 4) is 0 Å². The second kappa shape index (κ2) is 5.21. The lowest BCUT2D eigenvalue weighted by Crippen LogP contribution is -2.00. The summed E-state index contributed by atoms with van der Waals surface area (Å²) < 4.78 is 13.4. The van der Waals surface area contributed by atoms with Crippen molar-refractivity contribution in [2.45, 2.75) is 27.3 Å². The normalized spacial score (nSPS) is 10.4. The van der Waals surface area contributed by atoms with Crippen molar-refractivity contribution in [2.24, 2.45) is 0 Å². The van der Waals surface area contributed by atoms with Crippen molar-refractivity contribution in [1.82, 2.24) is 0 Å². The molecule has 0 bridgehead atoms. The molecule has 0 radical (unpaired) electrons. The third kappa shape index (κ3) is 2.89. The van der Waals surface area contributed by atoms with Crippen LogP contribution < -0.4 is 5.32 Å². The standard InChI is InChI=1S/C16H18FN/c1-11-4-6-14(8-13(11)3)10-18-15-7-5-12(2)16(17)9-15/h4-9,18H,10H2,1-3H3. The minimum Gasteiger partial charge on any atom is -0.381 e. The molecule has 0 heterocycles. The molecular formula is C16H18FN. The van der Waals surface area contributed by atoms with Crippen LogP contribution in [0.3, 0.4) is 0 Å². The Morgan fingerprint density at radius 2 is 1.61 bits per heavy atom. The molecule has 2 aromatic carbocycles. The summed E-state index contributed by atoms with van der Waals surface area (Å²) in [4.78, 5) is 0. The lowest BCUT2D eigenvalue weighted by Gasteiger charge is -2.09. The fourth-order valence-electron chi connectivity index (χ4n) is 1.82. The molecule has 2 rings (SSSR count). The highest BCUT2D eigenvalue weighted by molar-refractivity contribution is 5.46. The molecule has 0 spiro atoms. The monoisotopic (exact) mass is 243 g/mol. The first-order valence-corrected chi connectivity index (χ1v) is 6.12. The average molecular weight is 243 g/mol. The predicted molar refractivity (Wildman–Crippen MR) is 74.4 cm³/mol. The number of anilines is 1. The van der Waals surface area contributed by atoms with Gasteiger partial charge < -0.3 is 5.32 Å². The molecule has 2 aromatic rings. The minimum atomic E-state index is -0.167. The van der Waals surface area contributed by atoms with E-state index in [1.54, 1.807) is 13.0 Å². The topological polar surface area (TPSA) is 12.0 Å². The molecule has 0 amide bonds. The van der Waals surface area contributed by atoms with Gasteiger partial charge in [0.2, 0.25) is 0 Å². The lowest BCUT2D eigenvalue weighted by atomic mass is 10.1. The molecule has 1 nitrogen and oxygen atoms in total. The summed E-state index contributed by atoms with van der Waals surface area (Å²) in [6.45, 7) is 6.68. The maximum atomic E-state index is 13.4. The average Bonchev–Trinajstić information content (AvgIpc) is 2.35. The molecule has 0 atom stereocenters. The number of hydrogen-bond donors (Lipinski definition) is 1. The van der Waals surface area contributed by atoms with E-state index in [1.165, 1.54) is 22.8 Å². The Hall–Kier alpha value is -1.83. The Bertz CT molecular complexity index is 510. The molecule has 0 unspecified atom stereocenters. The molecule has 0 saturated heterocycles. The molecule has 0 aliphatic rings. The second-order valence-electron chi connectivity index (χ2n) is 4.74. The van der Waals surface area contributed by atoms with E-state index >= 15 is 0 Å². The van der Waals surface area contributed by atoms with Gasteiger partial charge in [0.1, 0.15) is 5.82 Å². The maximum absolute atomic E-state index is 13.4. The van der Waals surface area contributed by atoms with Gasteiger partial charge in [-0.1, -0.05) is 24.3 Å². The molecule has 0 aliphatic heterocycles. The number of nitrogens with one attached hydrogen (secondary N) is 1. The quantitative estimate of drug-likeness (QED) is 0.844. The van der Waals surface area contributed by atoms with Gasteiger partial charge in [-0.2, -0.15) is 0 Å². The second-order valence-corrected chi connectivity index (χ2v) is 4.74. The summed E-state index contributed by atoms with van der Waals surface area (Å²) in [5, 5.41) is 3.24. The summed E-state index contributed by atoms with van der Waals surface area (Å²) in [6, 6.07) is 11.6. The maximum Gasteiger partial charge on any atom is 0.128 e. The SMILES string of the molecule is Cc1ccc(CNc2ccc(C)c(F)c2)cc1C. The highest BCUT2D eigenvalue weighted by Gasteiger charge is 2.00. The van der Waals surface area contributed by atoms with E-state index in [-0.39, 0.29) is 5.82 Å². The van der Waals surface area contributed by atoms with E-state index in [0.717, 1.165) is 5.69 Å². The number of aryl methyl sites for hydroxylation is 3. The summed E-state index contributed by atoms with van der Waals surface area (Å²) in [5.74, 6) is -0.167. The van der Waals surface area contributed by atoms with Crippen LogP contribution in [0, 0.1) is 26.6 Å². The minimum absolute atomic E-state index is 0.167. The van der Waals surface area contributed by atoms with E-state index in [0.29, 0.717) is 12.1 Å². The molecule has 0 saturated carbocycles. The molecule has 0 aromatic heterocycles. The third-order valence-corrected chi connectivity index (χ3v) is 3.24. The van der Waals surface area contributed by atoms with Gasteiger partial charge >= 0.3 is 0 Å². The van der Waals surface area contributed by atoms with Gasteiger partial charge in [0.25, 0.3) is 0 Å². The summed E-state index contributed by atoms with van der Waals surface area (Å²) in [7, 11) is 0. The highest BCUT2D eigenvalue weighted by Crippen LogP contribution is 2.16. The zero-order chi connectivity index (χ0) is 13.1. The summed E-state index contributed by atoms with van der Waals surface area (Å²) >= 11 is 0. The van der Waals surface area contributed by atoms with Crippen molar-refractivity contribution >= 4 is 5.69 Å². The van der Waals surface area contributed by atoms with Gasteiger partial charge in [-0.25, -0.2) is 4.39 Å². The number of benzene rings is 2. The van der Waals surface area contributed by atoms with Crippen molar-refractivity contribution < 1.29 is 4.39 Å². The van der Waals surface area contributed by atoms with Gasteiger partial charge in [0.15, 0.2) is 0 Å². The number of halogens is 1. The molecule has 18 heavy (non-hydrogen) atoms. The fourth-order valence-corrected chi connectivity index (χ4v) is 1.82. The third-order valence-electron chi connectivity index (χ3n) is 3.24. The highest BCUT2D eigenvalue weighted by atomic mass is 19.1. The Labute approximate surface area is 108 Å². The van der Waals surface area contributed by atoms with Crippen LogP contribution in [-0.2, 0) is 6.54 Å². The predicted octanol–water partition coefficient (Wildman–Crippen LogP) is 4.36. The smallest absolute Gasteiger partial charge is 0.128 e. The van der Waals surface area contributed by atoms with Crippen molar-refractivity contribution in [3.63, 3.8) is 0 Å². The van der Waals surface area contributed by atoms with Gasteiger partial charge in [-0.15, -0.1) is 0 Å². The van der Waals surface area contributed by atoms with E-state index < -0.39 is 0 Å². The van der Waals surface area contributed by atoms with Crippen LogP contribution in [0.4, 0.5) is 10.1 Å². The molecule has 94 valence electrons. The molecule has 0 fully saturated rings. The Morgan fingerprint density at radius 1 is 0.889 bits per heavy atom. The van der Waals surface area contributed by atoms with Crippen LogP contribution >= 0.6 is 0 Å². The zero-order valence-electron chi connectivity index (χ0n) is 11.0. The largest absolute Gasteiger partial charge is 0.381 e. The summed E-state index contributed by atoms with van der Waals surface area (Å²) in [5.41, 5.74) is 5.27. The van der Waals surface area contributed by atoms with Crippen LogP contribution in [0.1, 0.15) is 22.3 Å². The van der Waals surface area contributed by atoms with Gasteiger partial charge in [-0.05, 0) is 55.2 Å². The first-order chi connectivity index (χ1) is 8.56. The van der Waals surface area contributed by atoms with Crippen molar-refractivity contribution in [1.29, 1.82) is 0 Å². The molecule has 2 heteroatoms. The van der Waals surface area contributed by atoms with Crippen LogP contribution in [0.2, 0.25) is 0 Å². The Morgan fingerprint density at radius 3 is 2.28 bits per heavy atom. The van der Waals surface area contributed by atoms with Crippen LogP contribution in [0.25, 0.3) is 0 Å². The van der Waals surface area contributed by atoms with Crippen molar-refractivity contribution in [2.75, 3.05) is 5.32 Å². The number of rotatable bonds is 3. The lowest BCUT2D eigenvalue weighted by molar-refractivity contribution is 0.619. The van der Waals surface area contributed by atoms with Crippen LogP contribution in [0.15, 0.2) is 36.4 Å². The Kier molecular flexibility index (Phi) is 3.66. The van der Waals surface area contributed by atoms with E-state index in [2.05, 4.69) is 37.4 Å². The molecule has 1 N–H and O–H groups in total. The first-order valence-electron chi connectivity index (χ1n) is 6.12. The number of hydrogen-bond acceptors (Lipinski definition) is 1. The Balaban J connectivity index is 2.06. The van der Waals surface area contributed by atoms with Gasteiger partial charge in [0.05, 0.1) is 0 Å². The van der Waals surface area contributed by atoms with E-state index in [1.807, 2.05) is 6.07 Å². The van der Waals surface area contributed by atoms with Crippen LogP contribution in [0.5, 0.6) is 0 Å². The van der Waals surface area contributed by atoms with Crippen molar-refractivity contribution in [3.05, 3.63) is 64.5 Å². The van der Waals surface area contributed by atoms with Crippen LogP contribution in [-0.4, -0.2) is 0 Å². The zero-order valence-corrected chi connectivity index (χ0v) is 11.0. The van der Waals surface area contributed by atoms with Gasteiger partial charge in [0, 0.05) is 12.2 Å². The summed E-state index contributed by atoms with van der Waals surface area (Å²) in [6.07, 6.45) is 0. The first kappa shape index (κ1) is 12.6.